The summed E-state index contributed by atoms with van der Waals surface area (Å²) < 4.78 is 11.1. The van der Waals surface area contributed by atoms with Gasteiger partial charge in [0.1, 0.15) is 11.5 Å². The van der Waals surface area contributed by atoms with Crippen molar-refractivity contribution in [1.82, 2.24) is 0 Å². The Balaban J connectivity index is 2.58. The largest absolute Gasteiger partial charge is 0.494 e. The molecule has 1 N–H and O–H groups in total. The molecule has 0 saturated heterocycles. The van der Waals surface area contributed by atoms with Crippen molar-refractivity contribution in [3.8, 4) is 11.5 Å². The van der Waals surface area contributed by atoms with Crippen LogP contribution in [0.25, 0.3) is 0 Å². The van der Waals surface area contributed by atoms with E-state index in [1.54, 1.807) is 0 Å². The summed E-state index contributed by atoms with van der Waals surface area (Å²) in [7, 11) is 0. The van der Waals surface area contributed by atoms with Crippen LogP contribution in [0.5, 0.6) is 11.5 Å². The molecule has 1 aromatic rings. The number of hydrogen-bond acceptors (Lipinski definition) is 3. The first kappa shape index (κ1) is 16.3. The van der Waals surface area contributed by atoms with Crippen molar-refractivity contribution in [1.29, 1.82) is 0 Å². The highest BCUT2D eigenvalue weighted by Gasteiger charge is 2.34. The molecule has 0 spiro atoms. The molecule has 0 aliphatic rings. The van der Waals surface area contributed by atoms with Gasteiger partial charge in [-0.2, -0.15) is 0 Å². The fourth-order valence-electron chi connectivity index (χ4n) is 2.20. The van der Waals surface area contributed by atoms with Crippen molar-refractivity contribution in [3.63, 3.8) is 0 Å². The summed E-state index contributed by atoms with van der Waals surface area (Å²) in [5.41, 5.74) is -0.683. The average Bonchev–Trinajstić information content (AvgIpc) is 2.44. The Morgan fingerprint density at radius 2 is 1.75 bits per heavy atom. The smallest absolute Gasteiger partial charge is 0.309 e. The number of hydrogen-bond donors (Lipinski definition) is 1. The van der Waals surface area contributed by atoms with Gasteiger partial charge in [-0.05, 0) is 38.3 Å². The maximum Gasteiger partial charge on any atom is 0.309 e. The Hall–Kier alpha value is -1.71. The summed E-state index contributed by atoms with van der Waals surface area (Å²) in [6.45, 7) is 6.75. The van der Waals surface area contributed by atoms with Crippen LogP contribution in [-0.4, -0.2) is 24.3 Å². The first-order valence-electron chi connectivity index (χ1n) is 7.17. The minimum atomic E-state index is -0.742. The summed E-state index contributed by atoms with van der Waals surface area (Å²) in [4.78, 5) is 11.4. The third kappa shape index (κ3) is 4.15. The molecular formula is C16H24O4. The predicted octanol–water partition coefficient (Wildman–Crippen LogP) is 3.75. The summed E-state index contributed by atoms with van der Waals surface area (Å²) in [5.74, 6) is 0.733. The molecule has 0 fully saturated rings. The lowest BCUT2D eigenvalue weighted by molar-refractivity contribution is -0.150. The number of carbonyl (C=O) groups is 1. The van der Waals surface area contributed by atoms with Gasteiger partial charge in [-0.15, -0.1) is 0 Å². The Bertz CT molecular complexity index is 424. The molecule has 0 radical (unpaired) electrons. The molecule has 0 amide bonds. The van der Waals surface area contributed by atoms with E-state index >= 15 is 0 Å². The Morgan fingerprint density at radius 3 is 2.25 bits per heavy atom. The van der Waals surface area contributed by atoms with E-state index in [1.165, 1.54) is 0 Å². The fourth-order valence-corrected chi connectivity index (χ4v) is 2.20. The average molecular weight is 280 g/mol. The van der Waals surface area contributed by atoms with E-state index in [2.05, 4.69) is 0 Å². The molecule has 0 aliphatic carbocycles. The summed E-state index contributed by atoms with van der Waals surface area (Å²) in [5, 5.41) is 9.36. The number of carboxylic acids is 1. The molecule has 4 heteroatoms. The van der Waals surface area contributed by atoms with Gasteiger partial charge in [0, 0.05) is 6.07 Å². The van der Waals surface area contributed by atoms with Gasteiger partial charge < -0.3 is 14.6 Å². The molecule has 1 aromatic carbocycles. The number of benzene rings is 1. The first-order valence-corrected chi connectivity index (χ1v) is 7.17. The molecule has 112 valence electrons. The summed E-state index contributed by atoms with van der Waals surface area (Å²) in [6, 6.07) is 7.41. The van der Waals surface area contributed by atoms with Crippen molar-refractivity contribution in [2.45, 2.75) is 40.0 Å². The van der Waals surface area contributed by atoms with E-state index in [0.717, 1.165) is 5.75 Å². The maximum absolute atomic E-state index is 11.4. The standard InChI is InChI=1S/C16H24O4/c1-4-16(5-2,15(17)18)10-11-20-14-9-7-8-13(12-14)19-6-3/h7-9,12H,4-6,10-11H2,1-3H3,(H,17,18). The number of carboxylic acid groups (broad SMARTS) is 1. The summed E-state index contributed by atoms with van der Waals surface area (Å²) in [6.07, 6.45) is 1.73. The van der Waals surface area contributed by atoms with Crippen LogP contribution in [0.4, 0.5) is 0 Å². The van der Waals surface area contributed by atoms with Crippen LogP contribution in [0.1, 0.15) is 40.0 Å². The van der Waals surface area contributed by atoms with Gasteiger partial charge in [0.2, 0.25) is 0 Å². The lowest BCUT2D eigenvalue weighted by atomic mass is 9.79. The minimum Gasteiger partial charge on any atom is -0.494 e. The van der Waals surface area contributed by atoms with E-state index in [4.69, 9.17) is 9.47 Å². The highest BCUT2D eigenvalue weighted by Crippen LogP contribution is 2.31. The second kappa shape index (κ2) is 7.78. The van der Waals surface area contributed by atoms with Gasteiger partial charge in [-0.3, -0.25) is 4.79 Å². The fraction of sp³-hybridized carbons (Fsp3) is 0.562. The first-order chi connectivity index (χ1) is 9.57. The number of rotatable bonds is 9. The zero-order valence-corrected chi connectivity index (χ0v) is 12.5. The van der Waals surface area contributed by atoms with Crippen molar-refractivity contribution in [2.24, 2.45) is 5.41 Å². The lowest BCUT2D eigenvalue weighted by Crippen LogP contribution is -2.31. The van der Waals surface area contributed by atoms with Gasteiger partial charge >= 0.3 is 5.97 Å². The molecule has 1 rings (SSSR count). The predicted molar refractivity (Wildman–Crippen MR) is 78.4 cm³/mol. The van der Waals surface area contributed by atoms with Gasteiger partial charge in [-0.25, -0.2) is 0 Å². The van der Waals surface area contributed by atoms with Crippen LogP contribution in [0.15, 0.2) is 24.3 Å². The molecule has 0 unspecified atom stereocenters. The lowest BCUT2D eigenvalue weighted by Gasteiger charge is -2.26. The van der Waals surface area contributed by atoms with Crippen LogP contribution >= 0.6 is 0 Å². The molecule has 0 atom stereocenters. The maximum atomic E-state index is 11.4. The van der Waals surface area contributed by atoms with Gasteiger partial charge in [0.15, 0.2) is 0 Å². The normalized spacial score (nSPS) is 11.2. The molecule has 0 aromatic heterocycles. The second-order valence-electron chi connectivity index (χ2n) is 4.80. The molecule has 0 saturated carbocycles. The Morgan fingerprint density at radius 1 is 1.15 bits per heavy atom. The highest BCUT2D eigenvalue weighted by atomic mass is 16.5. The molecular weight excluding hydrogens is 256 g/mol. The number of aliphatic carboxylic acids is 1. The van der Waals surface area contributed by atoms with Crippen molar-refractivity contribution >= 4 is 5.97 Å². The van der Waals surface area contributed by atoms with Crippen LogP contribution in [0.2, 0.25) is 0 Å². The molecule has 0 aliphatic heterocycles. The van der Waals surface area contributed by atoms with E-state index in [0.29, 0.717) is 38.2 Å². The number of ether oxygens (including phenoxy) is 2. The molecule has 20 heavy (non-hydrogen) atoms. The Labute approximate surface area is 120 Å². The molecule has 4 nitrogen and oxygen atoms in total. The van der Waals surface area contributed by atoms with Gasteiger partial charge in [0.25, 0.3) is 0 Å². The van der Waals surface area contributed by atoms with E-state index < -0.39 is 11.4 Å². The zero-order chi connectivity index (χ0) is 15.0. The van der Waals surface area contributed by atoms with E-state index in [1.807, 2.05) is 45.0 Å². The minimum absolute atomic E-state index is 0.392. The SMILES string of the molecule is CCOc1cccc(OCCC(CC)(CC)C(=O)O)c1. The molecule has 0 heterocycles. The third-order valence-corrected chi connectivity index (χ3v) is 3.77. The summed E-state index contributed by atoms with van der Waals surface area (Å²) >= 11 is 0. The highest BCUT2D eigenvalue weighted by molar-refractivity contribution is 5.74. The topological polar surface area (TPSA) is 55.8 Å². The van der Waals surface area contributed by atoms with E-state index in [-0.39, 0.29) is 0 Å². The third-order valence-electron chi connectivity index (χ3n) is 3.77. The van der Waals surface area contributed by atoms with Crippen LogP contribution in [0.3, 0.4) is 0 Å². The van der Waals surface area contributed by atoms with Crippen LogP contribution in [0, 0.1) is 5.41 Å². The van der Waals surface area contributed by atoms with Gasteiger partial charge in [0.05, 0.1) is 18.6 Å². The zero-order valence-electron chi connectivity index (χ0n) is 12.5. The quantitative estimate of drug-likeness (QED) is 0.748. The monoisotopic (exact) mass is 280 g/mol. The van der Waals surface area contributed by atoms with Crippen LogP contribution in [-0.2, 0) is 4.79 Å². The Kier molecular flexibility index (Phi) is 6.36. The van der Waals surface area contributed by atoms with Crippen molar-refractivity contribution < 1.29 is 19.4 Å². The van der Waals surface area contributed by atoms with Gasteiger partial charge in [-0.1, -0.05) is 19.9 Å². The van der Waals surface area contributed by atoms with E-state index in [9.17, 15) is 9.90 Å². The van der Waals surface area contributed by atoms with Crippen molar-refractivity contribution in [3.05, 3.63) is 24.3 Å². The van der Waals surface area contributed by atoms with Crippen LogP contribution < -0.4 is 9.47 Å². The second-order valence-corrected chi connectivity index (χ2v) is 4.80. The van der Waals surface area contributed by atoms with Crippen molar-refractivity contribution in [2.75, 3.05) is 13.2 Å². The molecule has 0 bridgehead atoms.